The van der Waals surface area contributed by atoms with Crippen molar-refractivity contribution in [3.63, 3.8) is 0 Å². The van der Waals surface area contributed by atoms with Crippen LogP contribution in [-0.2, 0) is 4.74 Å². The summed E-state index contributed by atoms with van der Waals surface area (Å²) in [6.45, 7) is -1.70. The van der Waals surface area contributed by atoms with Crippen molar-refractivity contribution in [1.82, 2.24) is 5.32 Å². The Morgan fingerprint density at radius 3 is 2.43 bits per heavy atom. The van der Waals surface area contributed by atoms with Crippen LogP contribution in [0.5, 0.6) is 5.75 Å². The molecule has 0 heterocycles. The molecular formula is C13H16F5NO2. The van der Waals surface area contributed by atoms with E-state index in [9.17, 15) is 22.0 Å². The van der Waals surface area contributed by atoms with Crippen LogP contribution in [0.1, 0.15) is 11.6 Å². The van der Waals surface area contributed by atoms with Gasteiger partial charge >= 0.3 is 12.3 Å². The molecule has 0 aliphatic heterocycles. The SMILES string of the molecule is CNC(COCC(F)(F)C(F)F)c1ccc(OC)c(F)c1. The molecule has 1 aromatic rings. The lowest BCUT2D eigenvalue weighted by Gasteiger charge is -2.20. The molecule has 0 saturated carbocycles. The molecule has 0 amide bonds. The van der Waals surface area contributed by atoms with Gasteiger partial charge in [-0.05, 0) is 24.7 Å². The standard InChI is InChI=1S/C13H16F5NO2/c1-19-10(6-21-7-13(17,18)12(15)16)8-3-4-11(20-2)9(14)5-8/h3-5,10,12,19H,6-7H2,1-2H3. The van der Waals surface area contributed by atoms with E-state index in [2.05, 4.69) is 10.1 Å². The Balaban J connectivity index is 2.65. The van der Waals surface area contributed by atoms with E-state index in [-0.39, 0.29) is 12.4 Å². The first kappa shape index (κ1) is 17.6. The van der Waals surface area contributed by atoms with Gasteiger partial charge in [0, 0.05) is 0 Å². The van der Waals surface area contributed by atoms with Crippen LogP contribution in [0.4, 0.5) is 22.0 Å². The third-order valence-electron chi connectivity index (χ3n) is 2.82. The quantitative estimate of drug-likeness (QED) is 0.749. The predicted octanol–water partition coefficient (Wildman–Crippen LogP) is 3.01. The number of hydrogen-bond donors (Lipinski definition) is 1. The lowest BCUT2D eigenvalue weighted by molar-refractivity contribution is -0.167. The molecule has 1 rings (SSSR count). The molecule has 1 aromatic carbocycles. The fourth-order valence-corrected chi connectivity index (χ4v) is 1.62. The Hall–Kier alpha value is -1.41. The molecule has 0 aliphatic rings. The van der Waals surface area contributed by atoms with Crippen molar-refractivity contribution in [2.75, 3.05) is 27.4 Å². The molecule has 0 radical (unpaired) electrons. The van der Waals surface area contributed by atoms with Gasteiger partial charge in [-0.1, -0.05) is 6.07 Å². The largest absolute Gasteiger partial charge is 0.494 e. The minimum atomic E-state index is -4.20. The molecule has 0 fully saturated rings. The van der Waals surface area contributed by atoms with Crippen molar-refractivity contribution in [1.29, 1.82) is 0 Å². The van der Waals surface area contributed by atoms with Gasteiger partial charge in [0.1, 0.15) is 6.61 Å². The molecule has 1 N–H and O–H groups in total. The van der Waals surface area contributed by atoms with Crippen molar-refractivity contribution >= 4 is 0 Å². The number of ether oxygens (including phenoxy) is 2. The van der Waals surface area contributed by atoms with Gasteiger partial charge in [0.15, 0.2) is 11.6 Å². The Kier molecular flexibility index (Phi) is 6.35. The zero-order valence-corrected chi connectivity index (χ0v) is 11.5. The highest BCUT2D eigenvalue weighted by atomic mass is 19.3. The zero-order valence-electron chi connectivity index (χ0n) is 11.5. The second-order valence-corrected chi connectivity index (χ2v) is 4.31. The monoisotopic (exact) mass is 313 g/mol. The van der Waals surface area contributed by atoms with E-state index >= 15 is 0 Å². The van der Waals surface area contributed by atoms with E-state index < -0.39 is 30.8 Å². The van der Waals surface area contributed by atoms with Gasteiger partial charge in [-0.2, -0.15) is 8.78 Å². The van der Waals surface area contributed by atoms with Crippen LogP contribution in [0, 0.1) is 5.82 Å². The highest BCUT2D eigenvalue weighted by Gasteiger charge is 2.41. The number of hydrogen-bond acceptors (Lipinski definition) is 3. The smallest absolute Gasteiger partial charge is 0.330 e. The van der Waals surface area contributed by atoms with Crippen molar-refractivity contribution in [2.45, 2.75) is 18.4 Å². The first-order valence-corrected chi connectivity index (χ1v) is 6.06. The number of alkyl halides is 4. The van der Waals surface area contributed by atoms with E-state index in [0.717, 1.165) is 6.07 Å². The van der Waals surface area contributed by atoms with E-state index in [1.54, 1.807) is 0 Å². The van der Waals surface area contributed by atoms with E-state index in [4.69, 9.17) is 4.74 Å². The van der Waals surface area contributed by atoms with E-state index in [1.807, 2.05) is 0 Å². The maximum absolute atomic E-state index is 13.6. The summed E-state index contributed by atoms with van der Waals surface area (Å²) in [4.78, 5) is 0. The maximum atomic E-state index is 13.6. The van der Waals surface area contributed by atoms with Crippen LogP contribution in [0.2, 0.25) is 0 Å². The van der Waals surface area contributed by atoms with E-state index in [1.165, 1.54) is 26.3 Å². The minimum Gasteiger partial charge on any atom is -0.494 e. The van der Waals surface area contributed by atoms with Crippen molar-refractivity contribution in [3.8, 4) is 5.75 Å². The number of benzene rings is 1. The molecule has 0 aromatic heterocycles. The van der Waals surface area contributed by atoms with E-state index in [0.29, 0.717) is 5.56 Å². The van der Waals surface area contributed by atoms with Crippen LogP contribution in [0.25, 0.3) is 0 Å². The average Bonchev–Trinajstić information content (AvgIpc) is 2.43. The van der Waals surface area contributed by atoms with Crippen molar-refractivity contribution < 1.29 is 31.4 Å². The average molecular weight is 313 g/mol. The van der Waals surface area contributed by atoms with Crippen LogP contribution in [-0.4, -0.2) is 39.7 Å². The molecule has 120 valence electrons. The molecule has 0 aliphatic carbocycles. The summed E-state index contributed by atoms with van der Waals surface area (Å²) in [6.07, 6.45) is -3.79. The number of likely N-dealkylation sites (N-methyl/N-ethyl adjacent to an activating group) is 1. The van der Waals surface area contributed by atoms with Gasteiger partial charge < -0.3 is 14.8 Å². The zero-order chi connectivity index (χ0) is 16.0. The summed E-state index contributed by atoms with van der Waals surface area (Å²) in [6, 6.07) is 3.45. The lowest BCUT2D eigenvalue weighted by Crippen LogP contribution is -2.34. The van der Waals surface area contributed by atoms with Crippen LogP contribution < -0.4 is 10.1 Å². The molecule has 8 heteroatoms. The molecule has 3 nitrogen and oxygen atoms in total. The molecule has 0 bridgehead atoms. The fraction of sp³-hybridized carbons (Fsp3) is 0.538. The molecule has 1 unspecified atom stereocenters. The minimum absolute atomic E-state index is 0.0405. The van der Waals surface area contributed by atoms with Crippen molar-refractivity contribution in [3.05, 3.63) is 29.6 Å². The third kappa shape index (κ3) is 4.82. The summed E-state index contributed by atoms with van der Waals surface area (Å²) in [5.41, 5.74) is 0.427. The number of methoxy groups -OCH3 is 1. The van der Waals surface area contributed by atoms with Crippen LogP contribution in [0.15, 0.2) is 18.2 Å². The summed E-state index contributed by atoms with van der Waals surface area (Å²) in [5.74, 6) is -4.78. The summed E-state index contributed by atoms with van der Waals surface area (Å²) < 4.78 is 72.3. The normalized spacial score (nSPS) is 13.5. The summed E-state index contributed by atoms with van der Waals surface area (Å²) in [5, 5.41) is 2.73. The van der Waals surface area contributed by atoms with Crippen LogP contribution >= 0.6 is 0 Å². The van der Waals surface area contributed by atoms with Gasteiger partial charge in [0.25, 0.3) is 0 Å². The molecule has 0 spiro atoms. The summed E-state index contributed by atoms with van der Waals surface area (Å²) >= 11 is 0. The Morgan fingerprint density at radius 1 is 1.29 bits per heavy atom. The molecule has 1 atom stereocenters. The fourth-order valence-electron chi connectivity index (χ4n) is 1.62. The second-order valence-electron chi connectivity index (χ2n) is 4.31. The van der Waals surface area contributed by atoms with Gasteiger partial charge in [0.2, 0.25) is 0 Å². The first-order valence-electron chi connectivity index (χ1n) is 6.06. The third-order valence-corrected chi connectivity index (χ3v) is 2.82. The molecular weight excluding hydrogens is 297 g/mol. The predicted molar refractivity (Wildman–Crippen MR) is 66.5 cm³/mol. The Labute approximate surface area is 119 Å². The maximum Gasteiger partial charge on any atom is 0.330 e. The number of nitrogens with one attached hydrogen (secondary N) is 1. The van der Waals surface area contributed by atoms with Gasteiger partial charge in [-0.15, -0.1) is 0 Å². The lowest BCUT2D eigenvalue weighted by atomic mass is 10.1. The second kappa shape index (κ2) is 7.56. The molecule has 21 heavy (non-hydrogen) atoms. The van der Waals surface area contributed by atoms with Gasteiger partial charge in [0.05, 0.1) is 19.8 Å². The van der Waals surface area contributed by atoms with Gasteiger partial charge in [-0.3, -0.25) is 0 Å². The highest BCUT2D eigenvalue weighted by Crippen LogP contribution is 2.25. The Bertz CT molecular complexity index is 456. The number of halogens is 5. The summed E-state index contributed by atoms with van der Waals surface area (Å²) in [7, 11) is 2.82. The van der Waals surface area contributed by atoms with Crippen molar-refractivity contribution in [2.24, 2.45) is 0 Å². The Morgan fingerprint density at radius 2 is 1.95 bits per heavy atom. The number of rotatable bonds is 8. The molecule has 0 saturated heterocycles. The van der Waals surface area contributed by atoms with Gasteiger partial charge in [-0.25, -0.2) is 13.2 Å². The van der Waals surface area contributed by atoms with Crippen LogP contribution in [0.3, 0.4) is 0 Å². The topological polar surface area (TPSA) is 30.5 Å². The highest BCUT2D eigenvalue weighted by molar-refractivity contribution is 5.31. The first-order chi connectivity index (χ1) is 9.81.